The molecular formula is C15H21NO3. The first-order valence-electron chi connectivity index (χ1n) is 7.07. The van der Waals surface area contributed by atoms with Crippen LogP contribution in [0.1, 0.15) is 31.2 Å². The third kappa shape index (κ3) is 3.01. The van der Waals surface area contributed by atoms with E-state index in [0.29, 0.717) is 19.8 Å². The Labute approximate surface area is 113 Å². The van der Waals surface area contributed by atoms with Crippen molar-refractivity contribution in [3.8, 4) is 11.5 Å². The molecule has 0 unspecified atom stereocenters. The molecule has 0 bridgehead atoms. The second kappa shape index (κ2) is 5.39. The van der Waals surface area contributed by atoms with Gasteiger partial charge in [-0.05, 0) is 30.5 Å². The summed E-state index contributed by atoms with van der Waals surface area (Å²) in [5.74, 6) is 1.65. The Hall–Kier alpha value is -1.26. The molecule has 1 aromatic rings. The monoisotopic (exact) mass is 263 g/mol. The van der Waals surface area contributed by atoms with Gasteiger partial charge < -0.3 is 19.9 Å². The highest BCUT2D eigenvalue weighted by atomic mass is 16.6. The third-order valence-electron chi connectivity index (χ3n) is 3.92. The van der Waals surface area contributed by atoms with Crippen LogP contribution in [0.15, 0.2) is 18.2 Å². The van der Waals surface area contributed by atoms with Crippen LogP contribution in [0.3, 0.4) is 0 Å². The Morgan fingerprint density at radius 2 is 1.84 bits per heavy atom. The van der Waals surface area contributed by atoms with Gasteiger partial charge in [0.25, 0.3) is 0 Å². The van der Waals surface area contributed by atoms with Crippen LogP contribution in [0.2, 0.25) is 0 Å². The van der Waals surface area contributed by atoms with Gasteiger partial charge in [0.15, 0.2) is 11.5 Å². The molecule has 1 fully saturated rings. The van der Waals surface area contributed by atoms with E-state index < -0.39 is 5.60 Å². The van der Waals surface area contributed by atoms with Gasteiger partial charge in [-0.25, -0.2) is 0 Å². The molecule has 0 saturated heterocycles. The molecule has 3 rings (SSSR count). The van der Waals surface area contributed by atoms with E-state index in [0.717, 1.165) is 49.3 Å². The number of hydrogen-bond acceptors (Lipinski definition) is 4. The average Bonchev–Trinajstić information content (AvgIpc) is 2.86. The number of benzene rings is 1. The molecule has 1 saturated carbocycles. The van der Waals surface area contributed by atoms with Crippen molar-refractivity contribution in [1.82, 2.24) is 5.32 Å². The molecular weight excluding hydrogens is 242 g/mol. The van der Waals surface area contributed by atoms with Gasteiger partial charge in [0.2, 0.25) is 0 Å². The summed E-state index contributed by atoms with van der Waals surface area (Å²) in [6.07, 6.45) is 4.12. The molecule has 4 heteroatoms. The molecule has 19 heavy (non-hydrogen) atoms. The molecule has 1 aliphatic heterocycles. The quantitative estimate of drug-likeness (QED) is 0.870. The molecule has 0 spiro atoms. The summed E-state index contributed by atoms with van der Waals surface area (Å²) in [6.45, 7) is 2.65. The zero-order valence-electron chi connectivity index (χ0n) is 11.2. The predicted molar refractivity (Wildman–Crippen MR) is 72.6 cm³/mol. The smallest absolute Gasteiger partial charge is 0.161 e. The summed E-state index contributed by atoms with van der Waals surface area (Å²) in [6, 6.07) is 6.01. The van der Waals surface area contributed by atoms with Crippen LogP contribution in [0, 0.1) is 0 Å². The van der Waals surface area contributed by atoms with Gasteiger partial charge in [-0.2, -0.15) is 0 Å². The van der Waals surface area contributed by atoms with E-state index >= 15 is 0 Å². The summed E-state index contributed by atoms with van der Waals surface area (Å²) in [7, 11) is 0. The van der Waals surface area contributed by atoms with Gasteiger partial charge in [-0.3, -0.25) is 0 Å². The Morgan fingerprint density at radius 3 is 2.63 bits per heavy atom. The average molecular weight is 263 g/mol. The lowest BCUT2D eigenvalue weighted by atomic mass is 10.0. The van der Waals surface area contributed by atoms with Crippen molar-refractivity contribution in [1.29, 1.82) is 0 Å². The lowest BCUT2D eigenvalue weighted by Crippen LogP contribution is -2.37. The number of ether oxygens (including phenoxy) is 2. The molecule has 2 N–H and O–H groups in total. The molecule has 0 aromatic heterocycles. The Kier molecular flexibility index (Phi) is 3.62. The first-order chi connectivity index (χ1) is 9.25. The molecule has 0 radical (unpaired) electrons. The first kappa shape index (κ1) is 12.8. The van der Waals surface area contributed by atoms with Crippen molar-refractivity contribution in [2.45, 2.75) is 37.8 Å². The normalized spacial score (nSPS) is 20.5. The van der Waals surface area contributed by atoms with Gasteiger partial charge in [0.05, 0.1) is 5.60 Å². The maximum Gasteiger partial charge on any atom is 0.161 e. The second-order valence-electron chi connectivity index (χ2n) is 5.51. The van der Waals surface area contributed by atoms with E-state index in [-0.39, 0.29) is 0 Å². The fourth-order valence-corrected chi connectivity index (χ4v) is 2.85. The van der Waals surface area contributed by atoms with Crippen LogP contribution in [-0.4, -0.2) is 30.5 Å². The molecule has 104 valence electrons. The highest BCUT2D eigenvalue weighted by molar-refractivity contribution is 5.43. The van der Waals surface area contributed by atoms with Crippen molar-refractivity contribution in [2.75, 3.05) is 19.8 Å². The van der Waals surface area contributed by atoms with Crippen molar-refractivity contribution < 1.29 is 14.6 Å². The predicted octanol–water partition coefficient (Wildman–Crippen LogP) is 1.85. The number of rotatable bonds is 4. The number of nitrogens with one attached hydrogen (secondary N) is 1. The summed E-state index contributed by atoms with van der Waals surface area (Å²) >= 11 is 0. The zero-order valence-corrected chi connectivity index (χ0v) is 11.2. The lowest BCUT2D eigenvalue weighted by molar-refractivity contribution is 0.0475. The second-order valence-corrected chi connectivity index (χ2v) is 5.51. The highest BCUT2D eigenvalue weighted by Gasteiger charge is 2.30. The minimum absolute atomic E-state index is 0.492. The van der Waals surface area contributed by atoms with Crippen LogP contribution < -0.4 is 14.8 Å². The number of hydrogen-bond donors (Lipinski definition) is 2. The third-order valence-corrected chi connectivity index (χ3v) is 3.92. The first-order valence-corrected chi connectivity index (χ1v) is 7.07. The molecule has 0 amide bonds. The summed E-state index contributed by atoms with van der Waals surface area (Å²) in [5.41, 5.74) is 0.666. The van der Waals surface area contributed by atoms with Gasteiger partial charge >= 0.3 is 0 Å². The van der Waals surface area contributed by atoms with E-state index in [9.17, 15) is 5.11 Å². The van der Waals surface area contributed by atoms with E-state index in [1.807, 2.05) is 18.2 Å². The van der Waals surface area contributed by atoms with E-state index in [1.165, 1.54) is 0 Å². The van der Waals surface area contributed by atoms with Gasteiger partial charge in [0, 0.05) is 13.1 Å². The molecule has 0 atom stereocenters. The molecule has 1 aromatic carbocycles. The maximum absolute atomic E-state index is 10.3. The van der Waals surface area contributed by atoms with Crippen LogP contribution in [0.5, 0.6) is 11.5 Å². The van der Waals surface area contributed by atoms with Crippen molar-refractivity contribution in [2.24, 2.45) is 0 Å². The van der Waals surface area contributed by atoms with Gasteiger partial charge in [-0.1, -0.05) is 18.9 Å². The summed E-state index contributed by atoms with van der Waals surface area (Å²) in [5, 5.41) is 13.6. The maximum atomic E-state index is 10.3. The topological polar surface area (TPSA) is 50.7 Å². The summed E-state index contributed by atoms with van der Waals surface area (Å²) < 4.78 is 11.1. The van der Waals surface area contributed by atoms with Crippen LogP contribution in [0.4, 0.5) is 0 Å². The Morgan fingerprint density at radius 1 is 1.11 bits per heavy atom. The number of fused-ring (bicyclic) bond motifs is 1. The standard InChI is InChI=1S/C15H21NO3/c17-15(5-1-2-6-15)11-16-10-12-3-4-13-14(9-12)19-8-7-18-13/h3-4,9,16-17H,1-2,5-8,10-11H2. The van der Waals surface area contributed by atoms with Crippen molar-refractivity contribution in [3.05, 3.63) is 23.8 Å². The van der Waals surface area contributed by atoms with E-state index in [2.05, 4.69) is 5.32 Å². The highest BCUT2D eigenvalue weighted by Crippen LogP contribution is 2.31. The van der Waals surface area contributed by atoms with Gasteiger partial charge in [0.1, 0.15) is 13.2 Å². The van der Waals surface area contributed by atoms with E-state index in [4.69, 9.17) is 9.47 Å². The van der Waals surface area contributed by atoms with Crippen molar-refractivity contribution >= 4 is 0 Å². The minimum atomic E-state index is -0.492. The Bertz CT molecular complexity index is 441. The molecule has 1 heterocycles. The SMILES string of the molecule is OC1(CNCc2ccc3c(c2)OCCO3)CCCC1. The van der Waals surface area contributed by atoms with Crippen LogP contribution >= 0.6 is 0 Å². The number of aliphatic hydroxyl groups is 1. The minimum Gasteiger partial charge on any atom is -0.486 e. The summed E-state index contributed by atoms with van der Waals surface area (Å²) in [4.78, 5) is 0. The Balaban J connectivity index is 1.55. The molecule has 1 aliphatic carbocycles. The van der Waals surface area contributed by atoms with E-state index in [1.54, 1.807) is 0 Å². The van der Waals surface area contributed by atoms with Crippen LogP contribution in [0.25, 0.3) is 0 Å². The van der Waals surface area contributed by atoms with Crippen LogP contribution in [-0.2, 0) is 6.54 Å². The van der Waals surface area contributed by atoms with Gasteiger partial charge in [-0.15, -0.1) is 0 Å². The lowest BCUT2D eigenvalue weighted by Gasteiger charge is -2.23. The fourth-order valence-electron chi connectivity index (χ4n) is 2.85. The zero-order chi connectivity index (χ0) is 13.1. The largest absolute Gasteiger partial charge is 0.486 e. The fraction of sp³-hybridized carbons (Fsp3) is 0.600. The molecule has 4 nitrogen and oxygen atoms in total. The van der Waals surface area contributed by atoms with Crippen molar-refractivity contribution in [3.63, 3.8) is 0 Å². The molecule has 2 aliphatic rings.